The van der Waals surface area contributed by atoms with E-state index in [1.54, 1.807) is 0 Å². The van der Waals surface area contributed by atoms with Crippen LogP contribution in [0, 0.1) is 5.92 Å². The first-order valence-electron chi connectivity index (χ1n) is 9.28. The van der Waals surface area contributed by atoms with E-state index in [0.29, 0.717) is 22.1 Å². The van der Waals surface area contributed by atoms with E-state index in [2.05, 4.69) is 18.3 Å². The van der Waals surface area contributed by atoms with E-state index in [4.69, 9.17) is 22.3 Å². The lowest BCUT2D eigenvalue weighted by Crippen LogP contribution is -2.22. The van der Waals surface area contributed by atoms with Crippen molar-refractivity contribution >= 4 is 44.7 Å². The maximum absolute atomic E-state index is 12.7. The third kappa shape index (κ3) is 3.66. The number of hydrogen-bond donors (Lipinski definition) is 2. The lowest BCUT2D eigenvalue weighted by Gasteiger charge is -2.22. The first-order valence-corrected chi connectivity index (χ1v) is 10.5. The number of pyridine rings is 1. The fourth-order valence-electron chi connectivity index (χ4n) is 3.69. The van der Waals surface area contributed by atoms with Crippen LogP contribution in [-0.2, 0) is 19.4 Å². The summed E-state index contributed by atoms with van der Waals surface area (Å²) in [6.45, 7) is 2.65. The van der Waals surface area contributed by atoms with Crippen LogP contribution in [0.4, 0.5) is 5.69 Å². The summed E-state index contributed by atoms with van der Waals surface area (Å²) in [5.41, 5.74) is 10.3. The molecule has 1 aromatic carbocycles. The van der Waals surface area contributed by atoms with Gasteiger partial charge in [0.1, 0.15) is 9.71 Å². The highest BCUT2D eigenvalue weighted by atomic mass is 35.5. The molecule has 4 rings (SSSR count). The molecule has 6 heteroatoms. The Morgan fingerprint density at radius 2 is 2.26 bits per heavy atom. The van der Waals surface area contributed by atoms with Gasteiger partial charge in [-0.2, -0.15) is 0 Å². The highest BCUT2D eigenvalue weighted by Gasteiger charge is 2.23. The number of anilines is 1. The predicted molar refractivity (Wildman–Crippen MR) is 112 cm³/mol. The highest BCUT2D eigenvalue weighted by Crippen LogP contribution is 2.36. The molecular formula is C21H22ClN3OS. The summed E-state index contributed by atoms with van der Waals surface area (Å²) in [5.74, 6) is 0.553. The number of rotatable bonds is 4. The van der Waals surface area contributed by atoms with Crippen LogP contribution in [0.3, 0.4) is 0 Å². The van der Waals surface area contributed by atoms with Crippen molar-refractivity contribution in [1.29, 1.82) is 0 Å². The van der Waals surface area contributed by atoms with Crippen LogP contribution in [0.1, 0.15) is 46.3 Å². The molecule has 0 spiro atoms. The Kier molecular flexibility index (Phi) is 5.06. The molecule has 27 heavy (non-hydrogen) atoms. The molecule has 1 atom stereocenters. The number of benzene rings is 1. The van der Waals surface area contributed by atoms with E-state index in [9.17, 15) is 4.79 Å². The smallest absolute Gasteiger partial charge is 0.263 e. The van der Waals surface area contributed by atoms with Crippen LogP contribution in [0.15, 0.2) is 30.3 Å². The zero-order chi connectivity index (χ0) is 19.0. The van der Waals surface area contributed by atoms with Crippen LogP contribution >= 0.6 is 22.9 Å². The van der Waals surface area contributed by atoms with Gasteiger partial charge in [0, 0.05) is 22.6 Å². The second-order valence-electron chi connectivity index (χ2n) is 7.12. The minimum atomic E-state index is -0.167. The van der Waals surface area contributed by atoms with Crippen molar-refractivity contribution in [2.75, 3.05) is 5.73 Å². The number of nitrogens with one attached hydrogen (secondary N) is 1. The standard InChI is InChI=1S/C21H22ClN3OS/c1-2-12-6-7-17-14(8-12)10-16-18(23)19(27-21(16)25-17)20(26)24-11-13-4-3-5-15(22)9-13/h3-5,9-10,12H,2,6-8,11,23H2,1H3,(H,24,26). The van der Waals surface area contributed by atoms with E-state index < -0.39 is 0 Å². The molecule has 0 saturated heterocycles. The minimum absolute atomic E-state index is 0.167. The van der Waals surface area contributed by atoms with Crippen LogP contribution in [-0.4, -0.2) is 10.9 Å². The van der Waals surface area contributed by atoms with E-state index in [1.165, 1.54) is 35.4 Å². The maximum Gasteiger partial charge on any atom is 0.263 e. The molecule has 3 aromatic rings. The summed E-state index contributed by atoms with van der Waals surface area (Å²) in [5, 5.41) is 4.50. The maximum atomic E-state index is 12.7. The molecule has 0 bridgehead atoms. The molecule has 3 N–H and O–H groups in total. The summed E-state index contributed by atoms with van der Waals surface area (Å²) in [6.07, 6.45) is 4.45. The first kappa shape index (κ1) is 18.3. The average molecular weight is 400 g/mol. The fraction of sp³-hybridized carbons (Fsp3) is 0.333. The lowest BCUT2D eigenvalue weighted by molar-refractivity contribution is 0.0956. The minimum Gasteiger partial charge on any atom is -0.397 e. The van der Waals surface area contributed by atoms with E-state index in [0.717, 1.165) is 34.5 Å². The molecule has 2 aromatic heterocycles. The Balaban J connectivity index is 1.58. The van der Waals surface area contributed by atoms with Gasteiger partial charge in [-0.05, 0) is 54.5 Å². The highest BCUT2D eigenvalue weighted by molar-refractivity contribution is 7.21. The Morgan fingerprint density at radius 3 is 3.04 bits per heavy atom. The number of fused-ring (bicyclic) bond motifs is 2. The van der Waals surface area contributed by atoms with Gasteiger partial charge in [0.05, 0.1) is 5.69 Å². The zero-order valence-corrected chi connectivity index (χ0v) is 16.8. The summed E-state index contributed by atoms with van der Waals surface area (Å²) in [6, 6.07) is 9.61. The van der Waals surface area contributed by atoms with Gasteiger partial charge in [0.25, 0.3) is 5.91 Å². The van der Waals surface area contributed by atoms with Gasteiger partial charge in [0.15, 0.2) is 0 Å². The van der Waals surface area contributed by atoms with Crippen molar-refractivity contribution in [3.05, 3.63) is 57.1 Å². The van der Waals surface area contributed by atoms with E-state index in [-0.39, 0.29) is 5.91 Å². The molecule has 2 heterocycles. The van der Waals surface area contributed by atoms with Crippen LogP contribution < -0.4 is 11.1 Å². The number of aromatic nitrogens is 1. The van der Waals surface area contributed by atoms with Crippen molar-refractivity contribution in [1.82, 2.24) is 10.3 Å². The number of amides is 1. The van der Waals surface area contributed by atoms with Crippen molar-refractivity contribution in [2.24, 2.45) is 5.92 Å². The van der Waals surface area contributed by atoms with Gasteiger partial charge in [-0.15, -0.1) is 11.3 Å². The molecule has 0 aliphatic heterocycles. The number of hydrogen-bond acceptors (Lipinski definition) is 4. The van der Waals surface area contributed by atoms with Gasteiger partial charge in [-0.3, -0.25) is 4.79 Å². The van der Waals surface area contributed by atoms with Crippen molar-refractivity contribution in [2.45, 2.75) is 39.2 Å². The number of thiophene rings is 1. The Bertz CT molecular complexity index is 1010. The number of carbonyl (C=O) groups is 1. The summed E-state index contributed by atoms with van der Waals surface area (Å²) < 4.78 is 0. The molecule has 1 aliphatic rings. The predicted octanol–water partition coefficient (Wildman–Crippen LogP) is 4.98. The van der Waals surface area contributed by atoms with Crippen molar-refractivity contribution < 1.29 is 4.79 Å². The van der Waals surface area contributed by atoms with Gasteiger partial charge in [-0.1, -0.05) is 37.1 Å². The van der Waals surface area contributed by atoms with E-state index >= 15 is 0 Å². The number of carbonyl (C=O) groups excluding carboxylic acids is 1. The fourth-order valence-corrected chi connectivity index (χ4v) is 4.92. The second kappa shape index (κ2) is 7.49. The Morgan fingerprint density at radius 1 is 1.41 bits per heavy atom. The number of nitrogens with zero attached hydrogens (tertiary/aromatic N) is 1. The Labute approximate surface area is 167 Å². The zero-order valence-electron chi connectivity index (χ0n) is 15.2. The quantitative estimate of drug-likeness (QED) is 0.650. The second-order valence-corrected chi connectivity index (χ2v) is 8.56. The van der Waals surface area contributed by atoms with Gasteiger partial charge in [0.2, 0.25) is 0 Å². The lowest BCUT2D eigenvalue weighted by atomic mass is 9.85. The van der Waals surface area contributed by atoms with E-state index in [1.807, 2.05) is 24.3 Å². The average Bonchev–Trinajstić information content (AvgIpc) is 3.00. The Hall–Kier alpha value is -2.11. The molecule has 0 saturated carbocycles. The molecule has 1 unspecified atom stereocenters. The van der Waals surface area contributed by atoms with Gasteiger partial charge in [-0.25, -0.2) is 4.98 Å². The largest absolute Gasteiger partial charge is 0.397 e. The van der Waals surface area contributed by atoms with Crippen molar-refractivity contribution in [3.8, 4) is 0 Å². The van der Waals surface area contributed by atoms with Gasteiger partial charge >= 0.3 is 0 Å². The number of halogens is 1. The van der Waals surface area contributed by atoms with Crippen LogP contribution in [0.5, 0.6) is 0 Å². The van der Waals surface area contributed by atoms with Gasteiger partial charge < -0.3 is 11.1 Å². The number of aryl methyl sites for hydroxylation is 1. The number of nitrogens with two attached hydrogens (primary N) is 1. The normalized spacial score (nSPS) is 16.3. The molecule has 1 amide bonds. The molecule has 0 fully saturated rings. The molecule has 4 nitrogen and oxygen atoms in total. The van der Waals surface area contributed by atoms with Crippen molar-refractivity contribution in [3.63, 3.8) is 0 Å². The molecular weight excluding hydrogens is 378 g/mol. The van der Waals surface area contributed by atoms with Crippen LogP contribution in [0.25, 0.3) is 10.2 Å². The van der Waals surface area contributed by atoms with Crippen LogP contribution in [0.2, 0.25) is 5.02 Å². The summed E-state index contributed by atoms with van der Waals surface area (Å²) in [4.78, 5) is 18.9. The summed E-state index contributed by atoms with van der Waals surface area (Å²) >= 11 is 7.38. The third-order valence-corrected chi connectivity index (χ3v) is 6.66. The number of nitrogen functional groups attached to an aromatic ring is 1. The summed E-state index contributed by atoms with van der Waals surface area (Å²) in [7, 11) is 0. The third-order valence-electron chi connectivity index (χ3n) is 5.31. The molecule has 0 radical (unpaired) electrons. The first-order chi connectivity index (χ1) is 13.0. The topological polar surface area (TPSA) is 68.0 Å². The monoisotopic (exact) mass is 399 g/mol. The molecule has 1 aliphatic carbocycles. The SMILES string of the molecule is CCC1CCc2nc3sc(C(=O)NCc4cccc(Cl)c4)c(N)c3cc2C1. The molecule has 140 valence electrons.